The van der Waals surface area contributed by atoms with Gasteiger partial charge in [-0.15, -0.1) is 0 Å². The lowest BCUT2D eigenvalue weighted by atomic mass is 10.1. The van der Waals surface area contributed by atoms with E-state index in [1.807, 2.05) is 43.3 Å². The molecule has 0 aliphatic carbocycles. The molecule has 8 heteroatoms. The van der Waals surface area contributed by atoms with E-state index in [0.717, 1.165) is 11.1 Å². The zero-order valence-electron chi connectivity index (χ0n) is 18.1. The van der Waals surface area contributed by atoms with Crippen molar-refractivity contribution in [2.24, 2.45) is 0 Å². The van der Waals surface area contributed by atoms with Gasteiger partial charge in [0.05, 0.1) is 5.02 Å². The highest BCUT2D eigenvalue weighted by Gasteiger charge is 2.24. The zero-order valence-corrected chi connectivity index (χ0v) is 18.8. The van der Waals surface area contributed by atoms with E-state index in [2.05, 4.69) is 20.6 Å². The van der Waals surface area contributed by atoms with Crippen molar-refractivity contribution in [3.63, 3.8) is 0 Å². The number of oxazole rings is 1. The summed E-state index contributed by atoms with van der Waals surface area (Å²) in [6.45, 7) is 3.58. The van der Waals surface area contributed by atoms with Gasteiger partial charge < -0.3 is 15.1 Å². The second-order valence-corrected chi connectivity index (χ2v) is 7.82. The predicted octanol–water partition coefficient (Wildman–Crippen LogP) is 5.25. The number of pyridine rings is 1. The molecule has 2 aromatic heterocycles. The molecule has 166 valence electrons. The third-order valence-corrected chi connectivity index (χ3v) is 5.22. The van der Waals surface area contributed by atoms with Gasteiger partial charge in [0.1, 0.15) is 5.82 Å². The third kappa shape index (κ3) is 5.10. The van der Waals surface area contributed by atoms with Gasteiger partial charge in [0.2, 0.25) is 11.8 Å². The number of hydrogen-bond acceptors (Lipinski definition) is 5. The molecule has 0 aliphatic heterocycles. The summed E-state index contributed by atoms with van der Waals surface area (Å²) in [6, 6.07) is 18.3. The summed E-state index contributed by atoms with van der Waals surface area (Å²) in [5.74, 6) is 0.204. The Balaban J connectivity index is 1.75. The Hall–Kier alpha value is -3.97. The molecule has 0 spiro atoms. The van der Waals surface area contributed by atoms with E-state index in [1.54, 1.807) is 30.5 Å². The number of halogens is 1. The molecule has 2 amide bonds. The Bertz CT molecular complexity index is 1320. The fraction of sp³-hybridized carbons (Fsp3) is 0.120. The van der Waals surface area contributed by atoms with Gasteiger partial charge in [-0.1, -0.05) is 54.1 Å². The molecule has 2 heterocycles. The van der Waals surface area contributed by atoms with E-state index in [4.69, 9.17) is 16.0 Å². The van der Waals surface area contributed by atoms with Gasteiger partial charge in [0.15, 0.2) is 11.5 Å². The minimum absolute atomic E-state index is 0.117. The summed E-state index contributed by atoms with van der Waals surface area (Å²) in [4.78, 5) is 33.3. The third-order valence-electron chi connectivity index (χ3n) is 4.89. The van der Waals surface area contributed by atoms with Crippen LogP contribution in [-0.4, -0.2) is 21.8 Å². The maximum absolute atomic E-state index is 13.1. The molecule has 2 N–H and O–H groups in total. The first-order valence-electron chi connectivity index (χ1n) is 10.2. The number of nitrogens with one attached hydrogen (secondary N) is 2. The van der Waals surface area contributed by atoms with Crippen molar-refractivity contribution < 1.29 is 14.0 Å². The zero-order chi connectivity index (χ0) is 23.4. The standard InChI is InChI=1S/C25H21ClN4O3/c1-15-13-27-21(29-16(2)31)12-19(15)25-30-22(23(33-25)18-10-6-7-11-20(18)26)24(32)28-14-17-8-4-3-5-9-17/h3-13H,14H2,1-2H3,(H,28,32)(H,27,29,31). The maximum Gasteiger partial charge on any atom is 0.274 e. The predicted molar refractivity (Wildman–Crippen MR) is 127 cm³/mol. The normalized spacial score (nSPS) is 10.6. The molecule has 0 aliphatic rings. The number of carbonyl (C=O) groups is 2. The average molecular weight is 461 g/mol. The smallest absolute Gasteiger partial charge is 0.274 e. The Kier molecular flexibility index (Phi) is 6.51. The monoisotopic (exact) mass is 460 g/mol. The number of rotatable bonds is 6. The second kappa shape index (κ2) is 9.67. The molecule has 4 aromatic rings. The molecule has 0 saturated carbocycles. The first-order valence-corrected chi connectivity index (χ1v) is 10.6. The molecule has 7 nitrogen and oxygen atoms in total. The van der Waals surface area contributed by atoms with Crippen molar-refractivity contribution in [3.8, 4) is 22.8 Å². The van der Waals surface area contributed by atoms with Crippen LogP contribution in [-0.2, 0) is 11.3 Å². The highest BCUT2D eigenvalue weighted by molar-refractivity contribution is 6.33. The average Bonchev–Trinajstić information content (AvgIpc) is 3.24. The molecule has 0 fully saturated rings. The molecule has 0 unspecified atom stereocenters. The highest BCUT2D eigenvalue weighted by atomic mass is 35.5. The Labute approximate surface area is 195 Å². The van der Waals surface area contributed by atoms with E-state index >= 15 is 0 Å². The highest BCUT2D eigenvalue weighted by Crippen LogP contribution is 2.35. The first-order chi connectivity index (χ1) is 15.9. The quantitative estimate of drug-likeness (QED) is 0.409. The van der Waals surface area contributed by atoms with Gasteiger partial charge in [0, 0.05) is 30.8 Å². The van der Waals surface area contributed by atoms with Crippen LogP contribution in [0.25, 0.3) is 22.8 Å². The number of aromatic nitrogens is 2. The fourth-order valence-corrected chi connectivity index (χ4v) is 3.50. The molecule has 0 bridgehead atoms. The van der Waals surface area contributed by atoms with Crippen molar-refractivity contribution in [2.45, 2.75) is 20.4 Å². The lowest BCUT2D eigenvalue weighted by Gasteiger charge is -2.06. The summed E-state index contributed by atoms with van der Waals surface area (Å²) in [7, 11) is 0. The minimum atomic E-state index is -0.391. The molecule has 33 heavy (non-hydrogen) atoms. The van der Waals surface area contributed by atoms with E-state index in [1.165, 1.54) is 6.92 Å². The van der Waals surface area contributed by atoms with Crippen molar-refractivity contribution in [1.82, 2.24) is 15.3 Å². The molecule has 0 saturated heterocycles. The van der Waals surface area contributed by atoms with Crippen molar-refractivity contribution in [2.75, 3.05) is 5.32 Å². The van der Waals surface area contributed by atoms with Gasteiger partial charge in [-0.25, -0.2) is 9.97 Å². The van der Waals surface area contributed by atoms with Crippen LogP contribution < -0.4 is 10.6 Å². The number of carbonyl (C=O) groups excluding carboxylic acids is 2. The molecule has 4 rings (SSSR count). The molecule has 2 aromatic carbocycles. The van der Waals surface area contributed by atoms with E-state index in [0.29, 0.717) is 28.5 Å². The van der Waals surface area contributed by atoms with Gasteiger partial charge in [-0.2, -0.15) is 0 Å². The van der Waals surface area contributed by atoms with Crippen LogP contribution in [0.3, 0.4) is 0 Å². The van der Waals surface area contributed by atoms with Gasteiger partial charge in [0.25, 0.3) is 5.91 Å². The van der Waals surface area contributed by atoms with Crippen LogP contribution in [0, 0.1) is 6.92 Å². The summed E-state index contributed by atoms with van der Waals surface area (Å²) < 4.78 is 6.08. The number of amides is 2. The molecular formula is C25H21ClN4O3. The van der Waals surface area contributed by atoms with Crippen LogP contribution in [0.5, 0.6) is 0 Å². The van der Waals surface area contributed by atoms with E-state index in [-0.39, 0.29) is 23.3 Å². The summed E-state index contributed by atoms with van der Waals surface area (Å²) in [6.07, 6.45) is 1.61. The Morgan fingerprint density at radius 3 is 2.48 bits per heavy atom. The van der Waals surface area contributed by atoms with Gasteiger partial charge in [-0.05, 0) is 36.2 Å². The van der Waals surface area contributed by atoms with E-state index < -0.39 is 5.91 Å². The molecule has 0 atom stereocenters. The van der Waals surface area contributed by atoms with Crippen LogP contribution in [0.1, 0.15) is 28.5 Å². The number of hydrogen-bond donors (Lipinski definition) is 2. The van der Waals surface area contributed by atoms with Crippen LogP contribution in [0.15, 0.2) is 71.3 Å². The van der Waals surface area contributed by atoms with Crippen molar-refractivity contribution >= 4 is 29.2 Å². The summed E-state index contributed by atoms with van der Waals surface area (Å²) in [5, 5.41) is 5.97. The Morgan fingerprint density at radius 2 is 1.76 bits per heavy atom. The lowest BCUT2D eigenvalue weighted by molar-refractivity contribution is -0.114. The maximum atomic E-state index is 13.1. The summed E-state index contributed by atoms with van der Waals surface area (Å²) >= 11 is 6.40. The number of nitrogens with zero attached hydrogens (tertiary/aromatic N) is 2. The van der Waals surface area contributed by atoms with Crippen LogP contribution >= 0.6 is 11.6 Å². The minimum Gasteiger partial charge on any atom is -0.435 e. The number of anilines is 1. The molecular weight excluding hydrogens is 440 g/mol. The largest absolute Gasteiger partial charge is 0.435 e. The van der Waals surface area contributed by atoms with Gasteiger partial charge >= 0.3 is 0 Å². The lowest BCUT2D eigenvalue weighted by Crippen LogP contribution is -2.23. The van der Waals surface area contributed by atoms with E-state index in [9.17, 15) is 9.59 Å². The fourth-order valence-electron chi connectivity index (χ4n) is 3.28. The topological polar surface area (TPSA) is 97.1 Å². The van der Waals surface area contributed by atoms with Crippen molar-refractivity contribution in [3.05, 3.63) is 88.7 Å². The van der Waals surface area contributed by atoms with Crippen molar-refractivity contribution in [1.29, 1.82) is 0 Å². The first kappa shape index (κ1) is 22.2. The molecule has 0 radical (unpaired) electrons. The van der Waals surface area contributed by atoms with Crippen LogP contribution in [0.2, 0.25) is 5.02 Å². The number of aryl methyl sites for hydroxylation is 1. The van der Waals surface area contributed by atoms with Crippen LogP contribution in [0.4, 0.5) is 5.82 Å². The number of benzene rings is 2. The van der Waals surface area contributed by atoms with Gasteiger partial charge in [-0.3, -0.25) is 9.59 Å². The Morgan fingerprint density at radius 1 is 1.03 bits per heavy atom. The second-order valence-electron chi connectivity index (χ2n) is 7.41. The summed E-state index contributed by atoms with van der Waals surface area (Å²) in [5.41, 5.74) is 3.00. The SMILES string of the molecule is CC(=O)Nc1cc(-c2nc(C(=O)NCc3ccccc3)c(-c3ccccc3Cl)o2)c(C)cn1.